The maximum absolute atomic E-state index is 12.4. The van der Waals surface area contributed by atoms with Crippen LogP contribution in [0.1, 0.15) is 86.0 Å². The topological polar surface area (TPSA) is 54.4 Å². The van der Waals surface area contributed by atoms with Gasteiger partial charge in [-0.1, -0.05) is 61.4 Å². The first-order valence-electron chi connectivity index (χ1n) is 12.2. The van der Waals surface area contributed by atoms with Crippen LogP contribution < -0.4 is 0 Å². The number of rotatable bonds is 5. The van der Waals surface area contributed by atoms with E-state index in [1.54, 1.807) is 20.8 Å². The molecule has 32 heavy (non-hydrogen) atoms. The van der Waals surface area contributed by atoms with E-state index in [0.717, 1.165) is 38.5 Å². The molecule has 1 N–H and O–H groups in total. The number of hydrogen-bond donors (Lipinski definition) is 1. The van der Waals surface area contributed by atoms with Crippen LogP contribution in [0.4, 0.5) is 0 Å². The Bertz CT molecular complexity index is 955. The van der Waals surface area contributed by atoms with Gasteiger partial charge in [0.1, 0.15) is 0 Å². The van der Waals surface area contributed by atoms with Crippen molar-refractivity contribution in [1.82, 2.24) is 0 Å². The summed E-state index contributed by atoms with van der Waals surface area (Å²) in [5.41, 5.74) is 5.54. The van der Waals surface area contributed by atoms with E-state index in [2.05, 4.69) is 38.7 Å². The van der Waals surface area contributed by atoms with Gasteiger partial charge in [0.05, 0.1) is 10.9 Å². The van der Waals surface area contributed by atoms with Crippen LogP contribution in [0.2, 0.25) is 0 Å². The second-order valence-corrected chi connectivity index (χ2v) is 13.9. The van der Waals surface area contributed by atoms with Crippen LogP contribution in [0.15, 0.2) is 58.6 Å². The lowest BCUT2D eigenvalue weighted by Gasteiger charge is -2.42. The summed E-state index contributed by atoms with van der Waals surface area (Å²) in [4.78, 5) is 0. The minimum Gasteiger partial charge on any atom is -0.393 e. The second-order valence-electron chi connectivity index (χ2n) is 11.3. The van der Waals surface area contributed by atoms with Crippen LogP contribution in [0.5, 0.6) is 0 Å². The lowest BCUT2D eigenvalue weighted by Crippen LogP contribution is -2.32. The second kappa shape index (κ2) is 9.46. The highest BCUT2D eigenvalue weighted by Crippen LogP contribution is 2.57. The predicted molar refractivity (Wildman–Crippen MR) is 135 cm³/mol. The van der Waals surface area contributed by atoms with Crippen molar-refractivity contribution in [3.63, 3.8) is 0 Å². The Balaban J connectivity index is 1.73. The molecule has 0 spiro atoms. The summed E-state index contributed by atoms with van der Waals surface area (Å²) in [6.45, 7) is 14.1. The minimum atomic E-state index is -3.23. The Morgan fingerprint density at radius 2 is 2.00 bits per heavy atom. The van der Waals surface area contributed by atoms with Crippen LogP contribution in [-0.4, -0.2) is 24.4 Å². The number of aliphatic hydroxyl groups excluding tert-OH is 1. The summed E-state index contributed by atoms with van der Waals surface area (Å²) >= 11 is 0. The summed E-state index contributed by atoms with van der Waals surface area (Å²) in [5, 5.41) is 11.5. The zero-order valence-electron chi connectivity index (χ0n) is 20.7. The molecule has 0 aromatic heterocycles. The van der Waals surface area contributed by atoms with Crippen molar-refractivity contribution in [3.05, 3.63) is 58.6 Å². The van der Waals surface area contributed by atoms with Gasteiger partial charge in [-0.15, -0.1) is 0 Å². The minimum absolute atomic E-state index is 0.155. The molecule has 0 bridgehead atoms. The monoisotopic (exact) mass is 458 g/mol. The molecule has 0 aromatic carbocycles. The van der Waals surface area contributed by atoms with Crippen LogP contribution in [0, 0.1) is 17.3 Å². The van der Waals surface area contributed by atoms with E-state index in [-0.39, 0.29) is 11.5 Å². The SMILES string of the molecule is C=C1CC[C@H](O)C/C1=C/C=C1\CCC[C@]2(C)C([C@H](C)C/C=C/S(=O)(=O)C(C)(C)C)=CC[C@@H]12. The fourth-order valence-corrected chi connectivity index (χ4v) is 6.50. The first kappa shape index (κ1) is 25.2. The summed E-state index contributed by atoms with van der Waals surface area (Å²) in [5.74, 6) is 0.858. The van der Waals surface area contributed by atoms with Crippen molar-refractivity contribution < 1.29 is 13.5 Å². The third-order valence-corrected chi connectivity index (χ3v) is 10.2. The first-order valence-corrected chi connectivity index (χ1v) is 13.8. The van der Waals surface area contributed by atoms with Crippen molar-refractivity contribution in [2.24, 2.45) is 17.3 Å². The van der Waals surface area contributed by atoms with Crippen LogP contribution in [0.3, 0.4) is 0 Å². The smallest absolute Gasteiger partial charge is 0.176 e. The van der Waals surface area contributed by atoms with E-state index in [9.17, 15) is 13.5 Å². The Morgan fingerprint density at radius 1 is 1.28 bits per heavy atom. The van der Waals surface area contributed by atoms with E-state index in [4.69, 9.17) is 0 Å². The van der Waals surface area contributed by atoms with Gasteiger partial charge in [-0.05, 0) is 95.0 Å². The molecule has 0 aliphatic heterocycles. The fourth-order valence-electron chi connectivity index (χ4n) is 5.73. The van der Waals surface area contributed by atoms with Gasteiger partial charge in [0.15, 0.2) is 9.84 Å². The highest BCUT2D eigenvalue weighted by molar-refractivity contribution is 7.95. The zero-order valence-corrected chi connectivity index (χ0v) is 21.5. The fraction of sp³-hybridized carbons (Fsp3) is 0.643. The van der Waals surface area contributed by atoms with Crippen molar-refractivity contribution in [2.75, 3.05) is 0 Å². The van der Waals surface area contributed by atoms with Crippen molar-refractivity contribution in [2.45, 2.75) is 96.8 Å². The molecule has 0 amide bonds. The molecule has 3 aliphatic carbocycles. The van der Waals surface area contributed by atoms with Crippen LogP contribution >= 0.6 is 0 Å². The molecule has 0 heterocycles. The largest absolute Gasteiger partial charge is 0.393 e. The molecule has 4 atom stereocenters. The number of allylic oxidation sites excluding steroid dienone is 7. The molecule has 178 valence electrons. The van der Waals surface area contributed by atoms with E-state index in [0.29, 0.717) is 11.8 Å². The van der Waals surface area contributed by atoms with Gasteiger partial charge in [0.2, 0.25) is 0 Å². The number of sulfone groups is 1. The predicted octanol–water partition coefficient (Wildman–Crippen LogP) is 6.83. The molecular weight excluding hydrogens is 416 g/mol. The maximum atomic E-state index is 12.4. The Labute approximate surface area is 196 Å². The summed E-state index contributed by atoms with van der Waals surface area (Å²) in [7, 11) is -3.23. The highest BCUT2D eigenvalue weighted by Gasteiger charge is 2.45. The van der Waals surface area contributed by atoms with E-state index in [1.165, 1.54) is 40.5 Å². The number of hydrogen-bond acceptors (Lipinski definition) is 3. The molecule has 0 aromatic rings. The summed E-state index contributed by atoms with van der Waals surface area (Å²) in [6.07, 6.45) is 16.3. The number of aliphatic hydroxyl groups is 1. The molecule has 0 unspecified atom stereocenters. The van der Waals surface area contributed by atoms with E-state index >= 15 is 0 Å². The van der Waals surface area contributed by atoms with Gasteiger partial charge >= 0.3 is 0 Å². The van der Waals surface area contributed by atoms with Crippen molar-refractivity contribution in [1.29, 1.82) is 0 Å². The maximum Gasteiger partial charge on any atom is 0.176 e. The third-order valence-electron chi connectivity index (χ3n) is 7.95. The van der Waals surface area contributed by atoms with Gasteiger partial charge in [0, 0.05) is 5.41 Å². The average molecular weight is 459 g/mol. The molecule has 0 radical (unpaired) electrons. The van der Waals surface area contributed by atoms with Gasteiger partial charge in [-0.3, -0.25) is 0 Å². The Hall–Kier alpha value is -1.39. The first-order chi connectivity index (χ1) is 14.8. The molecule has 3 aliphatic rings. The van der Waals surface area contributed by atoms with E-state index in [1.807, 2.05) is 6.08 Å². The van der Waals surface area contributed by atoms with Crippen molar-refractivity contribution >= 4 is 9.84 Å². The van der Waals surface area contributed by atoms with Crippen LogP contribution in [0.25, 0.3) is 0 Å². The molecule has 4 heteroatoms. The number of fused-ring (bicyclic) bond motifs is 1. The molecule has 2 saturated carbocycles. The highest BCUT2D eigenvalue weighted by atomic mass is 32.2. The van der Waals surface area contributed by atoms with Gasteiger partial charge < -0.3 is 5.11 Å². The normalized spacial score (nSPS) is 33.1. The van der Waals surface area contributed by atoms with E-state index < -0.39 is 14.6 Å². The molecule has 3 nitrogen and oxygen atoms in total. The molecule has 0 saturated heterocycles. The quantitative estimate of drug-likeness (QED) is 0.459. The van der Waals surface area contributed by atoms with Gasteiger partial charge in [-0.25, -0.2) is 8.42 Å². The van der Waals surface area contributed by atoms with Crippen molar-refractivity contribution in [3.8, 4) is 0 Å². The molecular formula is C28H42O3S. The lowest BCUT2D eigenvalue weighted by molar-refractivity contribution is 0.158. The Morgan fingerprint density at radius 3 is 2.69 bits per heavy atom. The van der Waals surface area contributed by atoms with Gasteiger partial charge in [0.25, 0.3) is 0 Å². The van der Waals surface area contributed by atoms with Crippen LogP contribution in [-0.2, 0) is 9.84 Å². The zero-order chi connectivity index (χ0) is 23.7. The Kier molecular flexibility index (Phi) is 7.46. The lowest BCUT2D eigenvalue weighted by atomic mass is 9.62. The summed E-state index contributed by atoms with van der Waals surface area (Å²) < 4.78 is 24.0. The third kappa shape index (κ3) is 5.22. The molecule has 3 rings (SSSR count). The molecule has 2 fully saturated rings. The standard InChI is InChI=1S/C28H42O3S/c1-20-11-14-24(29)19-23(20)13-12-22-10-7-17-28(6)25(15-16-26(22)28)21(2)9-8-18-32(30,31)27(3,4)5/h8,12-13,15,18,21,24,26,29H,1,7,9-11,14,16-17,19H2,2-6H3/b18-8+,22-12+,23-13-/t21-,24+,26+,28-/m1/s1. The average Bonchev–Trinajstić information content (AvgIpc) is 3.05. The summed E-state index contributed by atoms with van der Waals surface area (Å²) in [6, 6.07) is 0. The van der Waals surface area contributed by atoms with Gasteiger partial charge in [-0.2, -0.15) is 0 Å².